The zero-order chi connectivity index (χ0) is 12.0. The number of aryl methyl sites for hydroxylation is 2. The van der Waals surface area contributed by atoms with Crippen molar-refractivity contribution >= 4 is 5.69 Å². The van der Waals surface area contributed by atoms with Crippen LogP contribution in [0.3, 0.4) is 0 Å². The maximum Gasteiger partial charge on any atom is 0.0664 e. The fourth-order valence-corrected chi connectivity index (χ4v) is 1.76. The van der Waals surface area contributed by atoms with Gasteiger partial charge in [0.05, 0.1) is 6.61 Å². The number of hydrogen-bond acceptors (Lipinski definition) is 2. The van der Waals surface area contributed by atoms with Gasteiger partial charge in [0.25, 0.3) is 0 Å². The molecule has 1 N–H and O–H groups in total. The van der Waals surface area contributed by atoms with Crippen LogP contribution in [0, 0.1) is 6.92 Å². The first kappa shape index (κ1) is 13.0. The Hall–Kier alpha value is -1.02. The van der Waals surface area contributed by atoms with Gasteiger partial charge in [-0.25, -0.2) is 0 Å². The van der Waals surface area contributed by atoms with Crippen molar-refractivity contribution in [3.05, 3.63) is 29.3 Å². The SMILES string of the molecule is CCOCC(C)Nc1ccc(C)c(CC)c1. The van der Waals surface area contributed by atoms with Gasteiger partial charge in [-0.15, -0.1) is 0 Å². The van der Waals surface area contributed by atoms with E-state index >= 15 is 0 Å². The van der Waals surface area contributed by atoms with Gasteiger partial charge in [0.1, 0.15) is 0 Å². The molecule has 1 rings (SSSR count). The zero-order valence-electron chi connectivity index (χ0n) is 10.8. The second-order valence-corrected chi connectivity index (χ2v) is 4.20. The van der Waals surface area contributed by atoms with Crippen LogP contribution >= 0.6 is 0 Å². The highest BCUT2D eigenvalue weighted by molar-refractivity contribution is 5.49. The first-order chi connectivity index (χ1) is 7.67. The summed E-state index contributed by atoms with van der Waals surface area (Å²) >= 11 is 0. The predicted octanol–water partition coefficient (Wildman–Crippen LogP) is 3.39. The third kappa shape index (κ3) is 3.86. The summed E-state index contributed by atoms with van der Waals surface area (Å²) in [7, 11) is 0. The minimum Gasteiger partial charge on any atom is -0.380 e. The summed E-state index contributed by atoms with van der Waals surface area (Å²) in [6.45, 7) is 10.0. The smallest absolute Gasteiger partial charge is 0.0664 e. The Bertz CT molecular complexity index is 323. The molecule has 0 heterocycles. The van der Waals surface area contributed by atoms with E-state index in [9.17, 15) is 0 Å². The van der Waals surface area contributed by atoms with Crippen LogP contribution in [0.2, 0.25) is 0 Å². The fraction of sp³-hybridized carbons (Fsp3) is 0.571. The van der Waals surface area contributed by atoms with Crippen LogP contribution in [-0.4, -0.2) is 19.3 Å². The molecule has 0 bridgehead atoms. The molecule has 0 aliphatic heterocycles. The predicted molar refractivity (Wildman–Crippen MR) is 70.1 cm³/mol. The molecule has 0 amide bonds. The van der Waals surface area contributed by atoms with Gasteiger partial charge in [-0.05, 0) is 50.5 Å². The van der Waals surface area contributed by atoms with Crippen molar-refractivity contribution in [2.45, 2.75) is 40.2 Å². The number of ether oxygens (including phenoxy) is 1. The largest absolute Gasteiger partial charge is 0.380 e. The second-order valence-electron chi connectivity index (χ2n) is 4.20. The summed E-state index contributed by atoms with van der Waals surface area (Å²) in [5, 5.41) is 3.45. The van der Waals surface area contributed by atoms with E-state index in [0.717, 1.165) is 19.6 Å². The Labute approximate surface area is 99.0 Å². The molecule has 1 aromatic rings. The van der Waals surface area contributed by atoms with E-state index in [0.29, 0.717) is 6.04 Å². The van der Waals surface area contributed by atoms with Gasteiger partial charge >= 0.3 is 0 Å². The van der Waals surface area contributed by atoms with E-state index in [1.165, 1.54) is 16.8 Å². The Balaban J connectivity index is 2.59. The molecule has 0 spiro atoms. The minimum atomic E-state index is 0.354. The van der Waals surface area contributed by atoms with Crippen LogP contribution in [0.4, 0.5) is 5.69 Å². The summed E-state index contributed by atoms with van der Waals surface area (Å²) in [6.07, 6.45) is 1.08. The monoisotopic (exact) mass is 221 g/mol. The van der Waals surface area contributed by atoms with Crippen LogP contribution in [0.5, 0.6) is 0 Å². The summed E-state index contributed by atoms with van der Waals surface area (Å²) in [4.78, 5) is 0. The first-order valence-corrected chi connectivity index (χ1v) is 6.11. The number of nitrogens with one attached hydrogen (secondary N) is 1. The average molecular weight is 221 g/mol. The molecule has 0 aromatic heterocycles. The molecular formula is C14H23NO. The Morgan fingerprint density at radius 2 is 2.06 bits per heavy atom. The van der Waals surface area contributed by atoms with E-state index in [-0.39, 0.29) is 0 Å². The van der Waals surface area contributed by atoms with Crippen LogP contribution in [0.1, 0.15) is 31.9 Å². The third-order valence-corrected chi connectivity index (χ3v) is 2.72. The Morgan fingerprint density at radius 1 is 1.31 bits per heavy atom. The Kier molecular flexibility index (Phi) is 5.33. The lowest BCUT2D eigenvalue weighted by Gasteiger charge is -2.16. The van der Waals surface area contributed by atoms with Crippen LogP contribution in [-0.2, 0) is 11.2 Å². The lowest BCUT2D eigenvalue weighted by molar-refractivity contribution is 0.141. The van der Waals surface area contributed by atoms with Gasteiger partial charge < -0.3 is 10.1 Å². The van der Waals surface area contributed by atoms with Gasteiger partial charge in [-0.1, -0.05) is 13.0 Å². The van der Waals surface area contributed by atoms with Crippen molar-refractivity contribution in [3.63, 3.8) is 0 Å². The van der Waals surface area contributed by atoms with Crippen molar-refractivity contribution in [1.82, 2.24) is 0 Å². The van der Waals surface area contributed by atoms with Gasteiger partial charge in [0, 0.05) is 18.3 Å². The molecule has 2 nitrogen and oxygen atoms in total. The maximum absolute atomic E-state index is 5.39. The van der Waals surface area contributed by atoms with Gasteiger partial charge in [0.15, 0.2) is 0 Å². The average Bonchev–Trinajstić information content (AvgIpc) is 2.29. The highest BCUT2D eigenvalue weighted by atomic mass is 16.5. The number of rotatable bonds is 6. The van der Waals surface area contributed by atoms with Crippen molar-refractivity contribution in [2.24, 2.45) is 0 Å². The standard InChI is InChI=1S/C14H23NO/c1-5-13-9-14(8-7-11(13)3)15-12(4)10-16-6-2/h7-9,12,15H,5-6,10H2,1-4H3. The van der Waals surface area contributed by atoms with Crippen molar-refractivity contribution in [1.29, 1.82) is 0 Å². The number of hydrogen-bond donors (Lipinski definition) is 1. The zero-order valence-corrected chi connectivity index (χ0v) is 10.8. The lowest BCUT2D eigenvalue weighted by atomic mass is 10.1. The lowest BCUT2D eigenvalue weighted by Crippen LogP contribution is -2.21. The molecule has 1 aromatic carbocycles. The van der Waals surface area contributed by atoms with E-state index in [2.05, 4.69) is 44.3 Å². The molecule has 1 unspecified atom stereocenters. The third-order valence-electron chi connectivity index (χ3n) is 2.72. The summed E-state index contributed by atoms with van der Waals surface area (Å²) < 4.78 is 5.39. The van der Waals surface area contributed by atoms with E-state index in [1.54, 1.807) is 0 Å². The molecule has 0 saturated carbocycles. The van der Waals surface area contributed by atoms with Crippen molar-refractivity contribution in [2.75, 3.05) is 18.5 Å². The normalized spacial score (nSPS) is 12.5. The molecule has 0 aliphatic rings. The molecule has 0 aliphatic carbocycles. The Morgan fingerprint density at radius 3 is 2.69 bits per heavy atom. The van der Waals surface area contributed by atoms with E-state index < -0.39 is 0 Å². The maximum atomic E-state index is 5.39. The topological polar surface area (TPSA) is 21.3 Å². The van der Waals surface area contributed by atoms with Gasteiger partial charge in [-0.2, -0.15) is 0 Å². The van der Waals surface area contributed by atoms with Crippen LogP contribution in [0.15, 0.2) is 18.2 Å². The van der Waals surface area contributed by atoms with E-state index in [4.69, 9.17) is 4.74 Å². The fourth-order valence-electron chi connectivity index (χ4n) is 1.76. The quantitative estimate of drug-likeness (QED) is 0.795. The van der Waals surface area contributed by atoms with Gasteiger partial charge in [-0.3, -0.25) is 0 Å². The van der Waals surface area contributed by atoms with Gasteiger partial charge in [0.2, 0.25) is 0 Å². The number of anilines is 1. The van der Waals surface area contributed by atoms with Crippen molar-refractivity contribution < 1.29 is 4.74 Å². The molecule has 90 valence electrons. The van der Waals surface area contributed by atoms with Crippen LogP contribution < -0.4 is 5.32 Å². The highest BCUT2D eigenvalue weighted by Gasteiger charge is 2.03. The first-order valence-electron chi connectivity index (χ1n) is 6.11. The molecular weight excluding hydrogens is 198 g/mol. The highest BCUT2D eigenvalue weighted by Crippen LogP contribution is 2.16. The second kappa shape index (κ2) is 6.54. The van der Waals surface area contributed by atoms with Crippen LogP contribution in [0.25, 0.3) is 0 Å². The van der Waals surface area contributed by atoms with Crippen molar-refractivity contribution in [3.8, 4) is 0 Å². The molecule has 16 heavy (non-hydrogen) atoms. The summed E-state index contributed by atoms with van der Waals surface area (Å²) in [5.41, 5.74) is 3.97. The minimum absolute atomic E-state index is 0.354. The molecule has 0 fully saturated rings. The molecule has 0 saturated heterocycles. The number of benzene rings is 1. The summed E-state index contributed by atoms with van der Waals surface area (Å²) in [5.74, 6) is 0. The molecule has 1 atom stereocenters. The molecule has 2 heteroatoms. The molecule has 0 radical (unpaired) electrons. The van der Waals surface area contributed by atoms with E-state index in [1.807, 2.05) is 6.92 Å². The summed E-state index contributed by atoms with van der Waals surface area (Å²) in [6, 6.07) is 6.90.